The summed E-state index contributed by atoms with van der Waals surface area (Å²) in [5.74, 6) is -1.03. The Kier molecular flexibility index (Phi) is 8.31. The maximum absolute atomic E-state index is 13.4. The Morgan fingerprint density at radius 2 is 1.75 bits per heavy atom. The van der Waals surface area contributed by atoms with E-state index < -0.39 is 24.0 Å². The lowest BCUT2D eigenvalue weighted by Gasteiger charge is -2.10. The van der Waals surface area contributed by atoms with Crippen LogP contribution in [0.4, 0.5) is 8.78 Å². The van der Waals surface area contributed by atoms with Crippen LogP contribution in [-0.4, -0.2) is 32.1 Å². The molecule has 1 aromatic rings. The van der Waals surface area contributed by atoms with Gasteiger partial charge in [0.15, 0.2) is 12.0 Å². The molecule has 0 radical (unpaired) electrons. The van der Waals surface area contributed by atoms with Crippen molar-refractivity contribution in [2.24, 2.45) is 5.73 Å². The number of carbonyl (C=O) groups excluding carboxylic acids is 2. The van der Waals surface area contributed by atoms with Crippen molar-refractivity contribution in [3.05, 3.63) is 35.4 Å². The number of Topliss-reactive ketones (excluding diaryl/α,β-unsaturated/α-hetero) is 1. The minimum absolute atomic E-state index is 0.304. The monoisotopic (exact) mass is 287 g/mol. The zero-order valence-corrected chi connectivity index (χ0v) is 11.7. The van der Waals surface area contributed by atoms with Crippen molar-refractivity contribution in [3.63, 3.8) is 0 Å². The van der Waals surface area contributed by atoms with Crippen LogP contribution in [0.2, 0.25) is 0 Å². The van der Waals surface area contributed by atoms with E-state index in [-0.39, 0.29) is 0 Å². The van der Waals surface area contributed by atoms with Gasteiger partial charge < -0.3 is 10.5 Å². The van der Waals surface area contributed by atoms with Gasteiger partial charge in [0.25, 0.3) is 0 Å². The van der Waals surface area contributed by atoms with Gasteiger partial charge in [0.05, 0.1) is 14.3 Å². The number of alkyl halides is 2. The Balaban J connectivity index is 0.00000172. The summed E-state index contributed by atoms with van der Waals surface area (Å²) in [5.41, 5.74) is 6.69. The highest BCUT2D eigenvalue weighted by molar-refractivity contribution is 5.81. The van der Waals surface area contributed by atoms with Crippen molar-refractivity contribution in [2.75, 3.05) is 14.3 Å². The normalized spacial score (nSPS) is 12.7. The zero-order chi connectivity index (χ0) is 15.7. The van der Waals surface area contributed by atoms with E-state index in [2.05, 4.69) is 4.74 Å². The van der Waals surface area contributed by atoms with Gasteiger partial charge in [-0.3, -0.25) is 14.0 Å². The number of benzene rings is 1. The minimum atomic E-state index is -1.60. The topological polar surface area (TPSA) is 69.4 Å². The fourth-order valence-corrected chi connectivity index (χ4v) is 1.55. The van der Waals surface area contributed by atoms with E-state index in [1.54, 1.807) is 12.1 Å². The predicted molar refractivity (Wildman–Crippen MR) is 71.7 cm³/mol. The van der Waals surface area contributed by atoms with E-state index in [1.807, 2.05) is 0 Å². The van der Waals surface area contributed by atoms with Crippen LogP contribution in [0.5, 0.6) is 0 Å². The molecule has 20 heavy (non-hydrogen) atoms. The third-order valence-electron chi connectivity index (χ3n) is 2.59. The molecule has 2 atom stereocenters. The van der Waals surface area contributed by atoms with Crippen LogP contribution in [0.25, 0.3) is 0 Å². The predicted octanol–water partition coefficient (Wildman–Crippen LogP) is 1.91. The van der Waals surface area contributed by atoms with Gasteiger partial charge in [-0.25, -0.2) is 4.39 Å². The van der Waals surface area contributed by atoms with E-state index in [0.717, 1.165) is 5.56 Å². The van der Waals surface area contributed by atoms with Gasteiger partial charge in [0.2, 0.25) is 0 Å². The van der Waals surface area contributed by atoms with E-state index >= 15 is 0 Å². The summed E-state index contributed by atoms with van der Waals surface area (Å²) in [4.78, 5) is 22.0. The van der Waals surface area contributed by atoms with E-state index in [0.29, 0.717) is 19.2 Å². The summed E-state index contributed by atoms with van der Waals surface area (Å²) in [7, 11) is 1.77. The first-order valence-corrected chi connectivity index (χ1v) is 5.90. The van der Waals surface area contributed by atoms with Gasteiger partial charge in [-0.15, -0.1) is 0 Å². The molecule has 1 aromatic carbocycles. The summed E-state index contributed by atoms with van der Waals surface area (Å²) in [6, 6.07) is 5.59. The highest BCUT2D eigenvalue weighted by Crippen LogP contribution is 2.19. The molecule has 1 rings (SSSR count). The number of hydrogen-bond donors (Lipinski definition) is 1. The van der Waals surface area contributed by atoms with Crippen molar-refractivity contribution < 1.29 is 23.1 Å². The number of rotatable bonds is 5. The molecule has 2 unspecified atom stereocenters. The molecule has 0 saturated heterocycles. The lowest BCUT2D eigenvalue weighted by Crippen LogP contribution is -2.33. The number of hydrogen-bond acceptors (Lipinski definition) is 4. The number of carbonyl (C=O) groups is 2. The summed E-state index contributed by atoms with van der Waals surface area (Å²) in [6.45, 7) is 1.20. The first kappa shape index (κ1) is 18.2. The summed E-state index contributed by atoms with van der Waals surface area (Å²) in [5, 5.41) is 0. The molecule has 112 valence electrons. The van der Waals surface area contributed by atoms with Gasteiger partial charge in [-0.2, -0.15) is 0 Å². The molecular formula is C14H19F2NO3. The highest BCUT2D eigenvalue weighted by Gasteiger charge is 2.16. The molecular weight excluding hydrogens is 268 g/mol. The molecule has 0 heterocycles. The molecule has 0 aliphatic rings. The summed E-state index contributed by atoms with van der Waals surface area (Å²) >= 11 is 0. The van der Waals surface area contributed by atoms with E-state index in [4.69, 9.17) is 5.73 Å². The molecule has 0 saturated carbocycles. The molecule has 2 N–H and O–H groups in total. The number of ketones is 1. The lowest BCUT2D eigenvalue weighted by molar-refractivity contribution is -0.142. The van der Waals surface area contributed by atoms with Gasteiger partial charge in [0, 0.05) is 0 Å². The molecule has 6 heteroatoms. The summed E-state index contributed by atoms with van der Waals surface area (Å²) < 4.78 is 27.4. The van der Waals surface area contributed by atoms with Crippen LogP contribution in [0.15, 0.2) is 24.3 Å². The standard InChI is InChI=1S/C13H16FNO3.CH3F/c1-8(16)12(14)10-5-3-9(4-6-10)7-11(15)13(17)18-2;1-2/h3-6,11-12H,7,15H2,1-2H3;1H3. The molecule has 0 spiro atoms. The van der Waals surface area contributed by atoms with Crippen LogP contribution < -0.4 is 5.73 Å². The van der Waals surface area contributed by atoms with Crippen molar-refractivity contribution >= 4 is 11.8 Å². The van der Waals surface area contributed by atoms with Crippen molar-refractivity contribution in [1.82, 2.24) is 0 Å². The first-order valence-electron chi connectivity index (χ1n) is 5.90. The van der Waals surface area contributed by atoms with Gasteiger partial charge in [-0.1, -0.05) is 24.3 Å². The van der Waals surface area contributed by atoms with Crippen molar-refractivity contribution in [2.45, 2.75) is 25.6 Å². The smallest absolute Gasteiger partial charge is 0.322 e. The summed E-state index contributed by atoms with van der Waals surface area (Å²) in [6.07, 6.45) is -1.29. The second-order valence-electron chi connectivity index (χ2n) is 4.05. The largest absolute Gasteiger partial charge is 0.468 e. The van der Waals surface area contributed by atoms with Crippen LogP contribution in [-0.2, 0) is 20.7 Å². The zero-order valence-electron chi connectivity index (χ0n) is 11.7. The quantitative estimate of drug-likeness (QED) is 0.840. The molecule has 0 fully saturated rings. The third kappa shape index (κ3) is 5.44. The number of halogens is 2. The van der Waals surface area contributed by atoms with Gasteiger partial charge >= 0.3 is 5.97 Å². The maximum atomic E-state index is 13.4. The Morgan fingerprint density at radius 3 is 2.15 bits per heavy atom. The highest BCUT2D eigenvalue weighted by atomic mass is 19.1. The average molecular weight is 287 g/mol. The molecule has 0 amide bonds. The van der Waals surface area contributed by atoms with E-state index in [1.165, 1.54) is 26.2 Å². The Morgan fingerprint density at radius 1 is 1.25 bits per heavy atom. The van der Waals surface area contributed by atoms with Gasteiger partial charge in [0.1, 0.15) is 6.04 Å². The van der Waals surface area contributed by atoms with Crippen molar-refractivity contribution in [3.8, 4) is 0 Å². The van der Waals surface area contributed by atoms with Gasteiger partial charge in [-0.05, 0) is 24.5 Å². The first-order chi connectivity index (χ1) is 9.45. The third-order valence-corrected chi connectivity index (χ3v) is 2.59. The molecule has 0 aliphatic carbocycles. The fourth-order valence-electron chi connectivity index (χ4n) is 1.55. The number of methoxy groups -OCH3 is 1. The Labute approximate surface area is 116 Å². The second kappa shape index (κ2) is 9.14. The SMILES string of the molecule is CF.COC(=O)C(N)Cc1ccc(C(F)C(C)=O)cc1. The van der Waals surface area contributed by atoms with Crippen molar-refractivity contribution in [1.29, 1.82) is 0 Å². The Hall–Kier alpha value is -1.82. The van der Waals surface area contributed by atoms with Crippen LogP contribution >= 0.6 is 0 Å². The lowest BCUT2D eigenvalue weighted by atomic mass is 10.0. The maximum Gasteiger partial charge on any atom is 0.322 e. The number of ether oxygens (including phenoxy) is 1. The molecule has 0 aliphatic heterocycles. The number of nitrogens with two attached hydrogens (primary N) is 1. The second-order valence-corrected chi connectivity index (χ2v) is 4.05. The molecule has 0 bridgehead atoms. The molecule has 4 nitrogen and oxygen atoms in total. The van der Waals surface area contributed by atoms with Crippen LogP contribution in [0.3, 0.4) is 0 Å². The Bertz CT molecular complexity index is 435. The van der Waals surface area contributed by atoms with Crippen LogP contribution in [0, 0.1) is 0 Å². The fraction of sp³-hybridized carbons (Fsp3) is 0.429. The van der Waals surface area contributed by atoms with Crippen LogP contribution in [0.1, 0.15) is 24.2 Å². The minimum Gasteiger partial charge on any atom is -0.468 e. The average Bonchev–Trinajstić information content (AvgIpc) is 2.48. The number of esters is 1. The molecule has 0 aromatic heterocycles. The van der Waals surface area contributed by atoms with E-state index in [9.17, 15) is 18.4 Å².